The Kier molecular flexibility index (Phi) is 3.88. The van der Waals surface area contributed by atoms with Crippen molar-refractivity contribution in [2.45, 2.75) is 19.4 Å². The Hall–Kier alpha value is -1.10. The minimum atomic E-state index is -0.172. The van der Waals surface area contributed by atoms with Gasteiger partial charge in [-0.05, 0) is 14.0 Å². The van der Waals surface area contributed by atoms with Crippen LogP contribution >= 0.6 is 0 Å². The van der Waals surface area contributed by atoms with Gasteiger partial charge in [0.25, 0.3) is 0 Å². The number of nitrogens with zero attached hydrogens (tertiary/aromatic N) is 1. The maximum Gasteiger partial charge on any atom is 0.232 e. The average Bonchev–Trinajstić information content (AvgIpc) is 2.29. The van der Waals surface area contributed by atoms with Gasteiger partial charge in [-0.25, -0.2) is 0 Å². The van der Waals surface area contributed by atoms with Gasteiger partial charge in [-0.2, -0.15) is 0 Å². The molecule has 5 heteroatoms. The molecule has 5 nitrogen and oxygen atoms in total. The highest BCUT2D eigenvalue weighted by molar-refractivity contribution is 5.97. The van der Waals surface area contributed by atoms with E-state index >= 15 is 0 Å². The van der Waals surface area contributed by atoms with Gasteiger partial charge in [0.15, 0.2) is 0 Å². The molecule has 0 spiro atoms. The first-order valence-corrected chi connectivity index (χ1v) is 4.85. The van der Waals surface area contributed by atoms with Crippen molar-refractivity contribution in [2.24, 2.45) is 0 Å². The smallest absolute Gasteiger partial charge is 0.232 e. The van der Waals surface area contributed by atoms with Crippen molar-refractivity contribution in [3.05, 3.63) is 0 Å². The van der Waals surface area contributed by atoms with Gasteiger partial charge >= 0.3 is 0 Å². The summed E-state index contributed by atoms with van der Waals surface area (Å²) in [5, 5.41) is 5.74. The van der Waals surface area contributed by atoms with Crippen LogP contribution in [0.15, 0.2) is 0 Å². The number of hydrogen-bond acceptors (Lipinski definition) is 3. The van der Waals surface area contributed by atoms with Crippen LogP contribution in [0.25, 0.3) is 0 Å². The summed E-state index contributed by atoms with van der Waals surface area (Å²) >= 11 is 0. The minimum Gasteiger partial charge on any atom is -0.354 e. The van der Waals surface area contributed by atoms with Crippen LogP contribution in [-0.4, -0.2) is 49.4 Å². The van der Waals surface area contributed by atoms with Crippen LogP contribution in [0.5, 0.6) is 0 Å². The number of nitrogens with one attached hydrogen (secondary N) is 2. The first-order valence-electron chi connectivity index (χ1n) is 4.85. The van der Waals surface area contributed by atoms with Crippen molar-refractivity contribution in [3.63, 3.8) is 0 Å². The summed E-state index contributed by atoms with van der Waals surface area (Å²) in [6.45, 7) is 3.83. The Balaban J connectivity index is 2.50. The Bertz CT molecular complexity index is 230. The lowest BCUT2D eigenvalue weighted by Gasteiger charge is -2.23. The van der Waals surface area contributed by atoms with E-state index < -0.39 is 0 Å². The average molecular weight is 199 g/mol. The molecule has 0 aromatic heterocycles. The molecule has 0 saturated carbocycles. The molecule has 0 aliphatic carbocycles. The van der Waals surface area contributed by atoms with Gasteiger partial charge in [0.05, 0.1) is 0 Å². The first kappa shape index (κ1) is 11.0. The van der Waals surface area contributed by atoms with Gasteiger partial charge in [0.2, 0.25) is 11.8 Å². The van der Waals surface area contributed by atoms with Crippen LogP contribution in [0.4, 0.5) is 0 Å². The second-order valence-electron chi connectivity index (χ2n) is 3.56. The zero-order valence-electron chi connectivity index (χ0n) is 8.67. The molecule has 1 rings (SSSR count). The topological polar surface area (TPSA) is 61.4 Å². The van der Waals surface area contributed by atoms with E-state index in [2.05, 4.69) is 10.6 Å². The highest BCUT2D eigenvalue weighted by Gasteiger charge is 2.21. The van der Waals surface area contributed by atoms with Crippen molar-refractivity contribution in [1.82, 2.24) is 15.5 Å². The quantitative estimate of drug-likeness (QED) is 0.570. The predicted octanol–water partition coefficient (Wildman–Crippen LogP) is -1.06. The first-order chi connectivity index (χ1) is 6.63. The summed E-state index contributed by atoms with van der Waals surface area (Å²) < 4.78 is 0. The SMILES string of the molecule is CNC(C)CN1CCNC(=O)CC1=O. The summed E-state index contributed by atoms with van der Waals surface area (Å²) in [6.07, 6.45) is -0.0174. The normalized spacial score (nSPS) is 20.3. The van der Waals surface area contributed by atoms with E-state index in [-0.39, 0.29) is 24.3 Å². The molecule has 2 N–H and O–H groups in total. The zero-order valence-corrected chi connectivity index (χ0v) is 8.67. The standard InChI is InChI=1S/C9H17N3O2/c1-7(10-2)6-12-4-3-11-8(13)5-9(12)14/h7,10H,3-6H2,1-2H3,(H,11,13). The molecule has 0 aromatic rings. The van der Waals surface area contributed by atoms with Crippen molar-refractivity contribution in [2.75, 3.05) is 26.7 Å². The van der Waals surface area contributed by atoms with Crippen molar-refractivity contribution in [3.8, 4) is 0 Å². The van der Waals surface area contributed by atoms with Gasteiger partial charge in [-0.15, -0.1) is 0 Å². The van der Waals surface area contributed by atoms with E-state index in [0.717, 1.165) is 0 Å². The summed E-state index contributed by atoms with van der Waals surface area (Å²) in [6, 6.07) is 0.257. The molecule has 1 atom stereocenters. The largest absolute Gasteiger partial charge is 0.354 e. The van der Waals surface area contributed by atoms with E-state index in [1.54, 1.807) is 4.90 Å². The van der Waals surface area contributed by atoms with Crippen LogP contribution in [0.3, 0.4) is 0 Å². The fourth-order valence-electron chi connectivity index (χ4n) is 1.38. The number of carbonyl (C=O) groups excluding carboxylic acids is 2. The molecule has 2 amide bonds. The maximum absolute atomic E-state index is 11.5. The molecule has 1 aliphatic rings. The fourth-order valence-corrected chi connectivity index (χ4v) is 1.38. The lowest BCUT2D eigenvalue weighted by Crippen LogP contribution is -2.41. The molecule has 1 fully saturated rings. The number of amides is 2. The third-order valence-corrected chi connectivity index (χ3v) is 2.36. The molecule has 80 valence electrons. The highest BCUT2D eigenvalue weighted by Crippen LogP contribution is 2.00. The molecule has 0 radical (unpaired) electrons. The fraction of sp³-hybridized carbons (Fsp3) is 0.778. The lowest BCUT2D eigenvalue weighted by atomic mass is 10.3. The number of hydrogen-bond donors (Lipinski definition) is 2. The molecule has 0 aromatic carbocycles. The van der Waals surface area contributed by atoms with E-state index in [0.29, 0.717) is 19.6 Å². The van der Waals surface area contributed by atoms with Gasteiger partial charge in [0, 0.05) is 25.7 Å². The van der Waals surface area contributed by atoms with Gasteiger partial charge in [-0.1, -0.05) is 0 Å². The minimum absolute atomic E-state index is 0.0174. The summed E-state index contributed by atoms with van der Waals surface area (Å²) in [4.78, 5) is 24.3. The molecule has 1 saturated heterocycles. The summed E-state index contributed by atoms with van der Waals surface area (Å²) in [5.41, 5.74) is 0. The molecular formula is C9H17N3O2. The highest BCUT2D eigenvalue weighted by atomic mass is 16.2. The van der Waals surface area contributed by atoms with Crippen molar-refractivity contribution in [1.29, 1.82) is 0 Å². The van der Waals surface area contributed by atoms with Gasteiger partial charge in [-0.3, -0.25) is 9.59 Å². The lowest BCUT2D eigenvalue weighted by molar-refractivity contribution is -0.134. The molecule has 0 bridgehead atoms. The van der Waals surface area contributed by atoms with Crippen molar-refractivity contribution < 1.29 is 9.59 Å². The van der Waals surface area contributed by atoms with Crippen LogP contribution < -0.4 is 10.6 Å². The van der Waals surface area contributed by atoms with Crippen LogP contribution in [0, 0.1) is 0 Å². The monoisotopic (exact) mass is 199 g/mol. The second-order valence-corrected chi connectivity index (χ2v) is 3.56. The molecule has 1 heterocycles. The Morgan fingerprint density at radius 3 is 2.93 bits per heavy atom. The third kappa shape index (κ3) is 2.99. The number of rotatable bonds is 3. The summed E-state index contributed by atoms with van der Waals surface area (Å²) in [5.74, 6) is -0.253. The van der Waals surface area contributed by atoms with Crippen LogP contribution in [0.2, 0.25) is 0 Å². The van der Waals surface area contributed by atoms with E-state index in [4.69, 9.17) is 0 Å². The Morgan fingerprint density at radius 2 is 2.29 bits per heavy atom. The molecule has 1 aliphatic heterocycles. The van der Waals surface area contributed by atoms with Gasteiger partial charge in [0.1, 0.15) is 6.42 Å². The third-order valence-electron chi connectivity index (χ3n) is 2.36. The second kappa shape index (κ2) is 4.95. The maximum atomic E-state index is 11.5. The molecular weight excluding hydrogens is 182 g/mol. The van der Waals surface area contributed by atoms with E-state index in [9.17, 15) is 9.59 Å². The van der Waals surface area contributed by atoms with Gasteiger partial charge < -0.3 is 15.5 Å². The van der Waals surface area contributed by atoms with Crippen LogP contribution in [0.1, 0.15) is 13.3 Å². The summed E-state index contributed by atoms with van der Waals surface area (Å²) in [7, 11) is 1.86. The van der Waals surface area contributed by atoms with Crippen molar-refractivity contribution >= 4 is 11.8 Å². The number of carbonyl (C=O) groups is 2. The van der Waals surface area contributed by atoms with Crippen LogP contribution in [-0.2, 0) is 9.59 Å². The number of likely N-dealkylation sites (N-methyl/N-ethyl adjacent to an activating group) is 1. The molecule has 14 heavy (non-hydrogen) atoms. The molecule has 1 unspecified atom stereocenters. The predicted molar refractivity (Wildman–Crippen MR) is 52.7 cm³/mol. The van der Waals surface area contributed by atoms with E-state index in [1.807, 2.05) is 14.0 Å². The zero-order chi connectivity index (χ0) is 10.6. The van der Waals surface area contributed by atoms with E-state index in [1.165, 1.54) is 0 Å². The Labute approximate surface area is 83.8 Å². The Morgan fingerprint density at radius 1 is 1.57 bits per heavy atom.